The Morgan fingerprint density at radius 1 is 1.33 bits per heavy atom. The molecule has 0 saturated carbocycles. The molecule has 0 bridgehead atoms. The molecule has 1 atom stereocenters. The van der Waals surface area contributed by atoms with Gasteiger partial charge in [0.25, 0.3) is 0 Å². The number of carbonyl (C=O) groups excluding carboxylic acids is 1. The number of aromatic nitrogens is 2. The molecule has 1 fully saturated rings. The van der Waals surface area contributed by atoms with E-state index in [-0.39, 0.29) is 5.91 Å². The zero-order chi connectivity index (χ0) is 19.2. The highest BCUT2D eigenvalue weighted by atomic mass is 16.5. The van der Waals surface area contributed by atoms with Crippen LogP contribution in [0.5, 0.6) is 5.75 Å². The SMILES string of the molecule is COc1ccccc1CC(=O)N1CCCC(c2nccn2CCN(C)C)C1. The van der Waals surface area contributed by atoms with E-state index in [1.807, 2.05) is 35.4 Å². The first kappa shape index (κ1) is 19.4. The van der Waals surface area contributed by atoms with Crippen LogP contribution in [0.1, 0.15) is 30.1 Å². The Balaban J connectivity index is 1.66. The van der Waals surface area contributed by atoms with Crippen molar-refractivity contribution in [2.24, 2.45) is 0 Å². The molecule has 6 nitrogen and oxygen atoms in total. The second-order valence-corrected chi connectivity index (χ2v) is 7.45. The first-order valence-corrected chi connectivity index (χ1v) is 9.64. The van der Waals surface area contributed by atoms with E-state index in [0.29, 0.717) is 12.3 Å². The fourth-order valence-corrected chi connectivity index (χ4v) is 3.72. The van der Waals surface area contributed by atoms with Crippen molar-refractivity contribution >= 4 is 5.91 Å². The average Bonchev–Trinajstić information content (AvgIpc) is 3.15. The lowest BCUT2D eigenvalue weighted by Gasteiger charge is -2.33. The van der Waals surface area contributed by atoms with Gasteiger partial charge in [-0.1, -0.05) is 18.2 Å². The number of methoxy groups -OCH3 is 1. The zero-order valence-electron chi connectivity index (χ0n) is 16.6. The summed E-state index contributed by atoms with van der Waals surface area (Å²) in [6.07, 6.45) is 6.40. The van der Waals surface area contributed by atoms with Crippen LogP contribution in [0.4, 0.5) is 0 Å². The number of piperidine rings is 1. The number of hydrogen-bond acceptors (Lipinski definition) is 4. The lowest BCUT2D eigenvalue weighted by Crippen LogP contribution is -2.40. The van der Waals surface area contributed by atoms with Gasteiger partial charge in [-0.15, -0.1) is 0 Å². The maximum Gasteiger partial charge on any atom is 0.227 e. The molecule has 0 aliphatic carbocycles. The number of amides is 1. The van der Waals surface area contributed by atoms with Crippen molar-refractivity contribution in [3.63, 3.8) is 0 Å². The fraction of sp³-hybridized carbons (Fsp3) is 0.524. The summed E-state index contributed by atoms with van der Waals surface area (Å²) in [5, 5.41) is 0. The standard InChI is InChI=1S/C21H30N4O2/c1-23(2)13-14-24-12-10-22-21(24)18-8-6-11-25(16-18)20(26)15-17-7-4-5-9-19(17)27-3/h4-5,7,9-10,12,18H,6,8,11,13-16H2,1-3H3. The number of benzene rings is 1. The fourth-order valence-electron chi connectivity index (χ4n) is 3.72. The van der Waals surface area contributed by atoms with Crippen LogP contribution in [0, 0.1) is 0 Å². The van der Waals surface area contributed by atoms with Crippen LogP contribution in [0.25, 0.3) is 0 Å². The number of ether oxygens (including phenoxy) is 1. The Bertz CT molecular complexity index is 756. The minimum Gasteiger partial charge on any atom is -0.496 e. The van der Waals surface area contributed by atoms with Crippen molar-refractivity contribution in [1.82, 2.24) is 19.4 Å². The predicted octanol–water partition coefficient (Wildman–Crippen LogP) is 2.40. The molecule has 146 valence electrons. The van der Waals surface area contributed by atoms with E-state index >= 15 is 0 Å². The van der Waals surface area contributed by atoms with E-state index in [4.69, 9.17) is 4.74 Å². The molecule has 2 heterocycles. The molecule has 27 heavy (non-hydrogen) atoms. The molecule has 2 aromatic rings. The van der Waals surface area contributed by atoms with Gasteiger partial charge in [-0.05, 0) is 33.0 Å². The van der Waals surface area contributed by atoms with Crippen LogP contribution in [-0.4, -0.2) is 66.1 Å². The van der Waals surface area contributed by atoms with Gasteiger partial charge in [-0.3, -0.25) is 4.79 Å². The summed E-state index contributed by atoms with van der Waals surface area (Å²) in [6, 6.07) is 7.75. The highest BCUT2D eigenvalue weighted by Crippen LogP contribution is 2.27. The number of hydrogen-bond donors (Lipinski definition) is 0. The van der Waals surface area contributed by atoms with E-state index in [9.17, 15) is 4.79 Å². The number of imidazole rings is 1. The second kappa shape index (κ2) is 9.04. The highest BCUT2D eigenvalue weighted by molar-refractivity contribution is 5.79. The lowest BCUT2D eigenvalue weighted by atomic mass is 9.96. The number of likely N-dealkylation sites (tertiary alicyclic amines) is 1. The molecule has 1 aliphatic rings. The molecule has 0 radical (unpaired) electrons. The molecular formula is C21H30N4O2. The summed E-state index contributed by atoms with van der Waals surface area (Å²) in [5.41, 5.74) is 0.944. The zero-order valence-corrected chi connectivity index (χ0v) is 16.6. The quantitative estimate of drug-likeness (QED) is 0.751. The summed E-state index contributed by atoms with van der Waals surface area (Å²) in [7, 11) is 5.80. The Kier molecular flexibility index (Phi) is 6.50. The number of carbonyl (C=O) groups is 1. The van der Waals surface area contributed by atoms with E-state index in [1.165, 1.54) is 0 Å². The third-order valence-electron chi connectivity index (χ3n) is 5.21. The summed E-state index contributed by atoms with van der Waals surface area (Å²) < 4.78 is 7.62. The van der Waals surface area contributed by atoms with Gasteiger partial charge < -0.3 is 19.1 Å². The summed E-state index contributed by atoms with van der Waals surface area (Å²) in [6.45, 7) is 3.47. The monoisotopic (exact) mass is 370 g/mol. The molecule has 1 amide bonds. The molecular weight excluding hydrogens is 340 g/mol. The first-order valence-electron chi connectivity index (χ1n) is 9.64. The number of likely N-dealkylation sites (N-methyl/N-ethyl adjacent to an activating group) is 1. The van der Waals surface area contributed by atoms with Crippen LogP contribution >= 0.6 is 0 Å². The third kappa shape index (κ3) is 4.89. The van der Waals surface area contributed by atoms with Crippen LogP contribution < -0.4 is 4.74 Å². The smallest absolute Gasteiger partial charge is 0.227 e. The number of nitrogens with zero attached hydrogens (tertiary/aromatic N) is 4. The van der Waals surface area contributed by atoms with Gasteiger partial charge >= 0.3 is 0 Å². The van der Waals surface area contributed by atoms with E-state index in [0.717, 1.165) is 56.2 Å². The minimum atomic E-state index is 0.163. The summed E-state index contributed by atoms with van der Waals surface area (Å²) in [5.74, 6) is 2.35. The Labute approximate surface area is 161 Å². The Morgan fingerprint density at radius 3 is 2.93 bits per heavy atom. The summed E-state index contributed by atoms with van der Waals surface area (Å²) >= 11 is 0. The van der Waals surface area contributed by atoms with Crippen LogP contribution in [0.15, 0.2) is 36.7 Å². The second-order valence-electron chi connectivity index (χ2n) is 7.45. The van der Waals surface area contributed by atoms with Crippen LogP contribution in [0.2, 0.25) is 0 Å². The van der Waals surface area contributed by atoms with Crippen molar-refractivity contribution in [3.05, 3.63) is 48.0 Å². The van der Waals surface area contributed by atoms with Gasteiger partial charge in [0.1, 0.15) is 11.6 Å². The number of para-hydroxylation sites is 1. The Morgan fingerprint density at radius 2 is 2.15 bits per heavy atom. The lowest BCUT2D eigenvalue weighted by molar-refractivity contribution is -0.131. The average molecular weight is 370 g/mol. The van der Waals surface area contributed by atoms with Crippen molar-refractivity contribution < 1.29 is 9.53 Å². The number of rotatable bonds is 7. The van der Waals surface area contributed by atoms with Gasteiger partial charge in [0.05, 0.1) is 13.5 Å². The maximum absolute atomic E-state index is 12.9. The normalized spacial score (nSPS) is 17.3. The van der Waals surface area contributed by atoms with Gasteiger partial charge in [0.2, 0.25) is 5.91 Å². The molecule has 3 rings (SSSR count). The van der Waals surface area contributed by atoms with Crippen LogP contribution in [0.3, 0.4) is 0 Å². The van der Waals surface area contributed by atoms with Crippen molar-refractivity contribution in [3.8, 4) is 5.75 Å². The predicted molar refractivity (Wildman–Crippen MR) is 106 cm³/mol. The molecule has 1 unspecified atom stereocenters. The van der Waals surface area contributed by atoms with Crippen LogP contribution in [-0.2, 0) is 17.8 Å². The largest absolute Gasteiger partial charge is 0.496 e. The Hall–Kier alpha value is -2.34. The molecule has 6 heteroatoms. The molecule has 1 aromatic carbocycles. The third-order valence-corrected chi connectivity index (χ3v) is 5.21. The van der Waals surface area contributed by atoms with Gasteiger partial charge in [-0.2, -0.15) is 0 Å². The van der Waals surface area contributed by atoms with E-state index < -0.39 is 0 Å². The molecule has 1 aliphatic heterocycles. The maximum atomic E-state index is 12.9. The first-order chi connectivity index (χ1) is 13.1. The molecule has 1 aromatic heterocycles. The highest BCUT2D eigenvalue weighted by Gasteiger charge is 2.27. The molecule has 0 N–H and O–H groups in total. The molecule has 0 spiro atoms. The van der Waals surface area contributed by atoms with E-state index in [1.54, 1.807) is 7.11 Å². The van der Waals surface area contributed by atoms with Gasteiger partial charge in [-0.25, -0.2) is 4.98 Å². The van der Waals surface area contributed by atoms with Gasteiger partial charge in [0.15, 0.2) is 0 Å². The topological polar surface area (TPSA) is 50.6 Å². The van der Waals surface area contributed by atoms with E-state index in [2.05, 4.69) is 34.7 Å². The van der Waals surface area contributed by atoms with Gasteiger partial charge in [0, 0.05) is 50.1 Å². The minimum absolute atomic E-state index is 0.163. The molecule has 1 saturated heterocycles. The van der Waals surface area contributed by atoms with Crippen molar-refractivity contribution in [2.45, 2.75) is 31.7 Å². The van der Waals surface area contributed by atoms with Crippen molar-refractivity contribution in [2.75, 3.05) is 40.8 Å². The summed E-state index contributed by atoms with van der Waals surface area (Å²) in [4.78, 5) is 21.7. The van der Waals surface area contributed by atoms with Crippen molar-refractivity contribution in [1.29, 1.82) is 0 Å².